The van der Waals surface area contributed by atoms with E-state index in [0.29, 0.717) is 0 Å². The van der Waals surface area contributed by atoms with Gasteiger partial charge in [-0.3, -0.25) is 0 Å². The molecule has 1 aliphatic carbocycles. The number of benzene rings is 3. The van der Waals surface area contributed by atoms with Crippen molar-refractivity contribution in [3.05, 3.63) is 91.0 Å². The van der Waals surface area contributed by atoms with Crippen LogP contribution in [0.25, 0.3) is 0 Å². The van der Waals surface area contributed by atoms with E-state index in [1.807, 2.05) is 0 Å². The van der Waals surface area contributed by atoms with Gasteiger partial charge in [-0.05, 0) is 62.1 Å². The van der Waals surface area contributed by atoms with Crippen molar-refractivity contribution < 1.29 is 0 Å². The lowest BCUT2D eigenvalue weighted by molar-refractivity contribution is 0.702. The van der Waals surface area contributed by atoms with Crippen LogP contribution in [0, 0.1) is 0 Å². The first-order valence-electron chi connectivity index (χ1n) is 9.98. The van der Waals surface area contributed by atoms with Crippen LogP contribution in [-0.4, -0.2) is 5.66 Å². The Hall–Kier alpha value is -1.91. The molecule has 0 radical (unpaired) electrons. The third kappa shape index (κ3) is 3.24. The highest BCUT2D eigenvalue weighted by Gasteiger charge is 2.51. The fourth-order valence-corrected chi connectivity index (χ4v) is 9.94. The Morgan fingerprint density at radius 2 is 0.808 bits per heavy atom. The second-order valence-corrected chi connectivity index (χ2v) is 11.1. The van der Waals surface area contributed by atoms with Gasteiger partial charge in [0.05, 0.1) is 5.66 Å². The van der Waals surface area contributed by atoms with Gasteiger partial charge >= 0.3 is 0 Å². The molecule has 0 atom stereocenters. The molecule has 0 heterocycles. The van der Waals surface area contributed by atoms with Crippen LogP contribution in [0.3, 0.4) is 0 Å². The van der Waals surface area contributed by atoms with Gasteiger partial charge in [-0.2, -0.15) is 0 Å². The van der Waals surface area contributed by atoms with E-state index in [2.05, 4.69) is 91.0 Å². The van der Waals surface area contributed by atoms with Crippen LogP contribution in [0.5, 0.6) is 0 Å². The van der Waals surface area contributed by atoms with Crippen LogP contribution >= 0.6 is 7.26 Å². The Balaban J connectivity index is 2.00. The Morgan fingerprint density at radius 3 is 1.15 bits per heavy atom. The van der Waals surface area contributed by atoms with Crippen LogP contribution in [0.1, 0.15) is 38.5 Å². The average molecular weight is 359 g/mol. The predicted octanol–water partition coefficient (Wildman–Crippen LogP) is 5.70. The second kappa shape index (κ2) is 8.19. The van der Waals surface area contributed by atoms with E-state index >= 15 is 0 Å². The van der Waals surface area contributed by atoms with Crippen molar-refractivity contribution in [3.8, 4) is 0 Å². The lowest BCUT2D eigenvalue weighted by Crippen LogP contribution is -2.38. The molecule has 1 fully saturated rings. The van der Waals surface area contributed by atoms with Gasteiger partial charge in [0, 0.05) is 0 Å². The minimum absolute atomic E-state index is 0.747. The van der Waals surface area contributed by atoms with E-state index in [1.165, 1.54) is 38.5 Å². The van der Waals surface area contributed by atoms with Crippen LogP contribution in [0.2, 0.25) is 0 Å². The summed E-state index contributed by atoms with van der Waals surface area (Å²) in [6.45, 7) is 0. The highest BCUT2D eigenvalue weighted by atomic mass is 31.2. The van der Waals surface area contributed by atoms with Gasteiger partial charge in [-0.25, -0.2) is 0 Å². The maximum absolute atomic E-state index is 2.39. The van der Waals surface area contributed by atoms with Gasteiger partial charge in [0.2, 0.25) is 0 Å². The van der Waals surface area contributed by atoms with Crippen molar-refractivity contribution in [1.82, 2.24) is 0 Å². The monoisotopic (exact) mass is 359 g/mol. The van der Waals surface area contributed by atoms with Gasteiger partial charge < -0.3 is 0 Å². The van der Waals surface area contributed by atoms with E-state index < -0.39 is 7.26 Å². The van der Waals surface area contributed by atoms with E-state index in [0.717, 1.165) is 5.66 Å². The molecule has 26 heavy (non-hydrogen) atoms. The van der Waals surface area contributed by atoms with Gasteiger partial charge in [0.15, 0.2) is 0 Å². The maximum atomic E-state index is 2.39. The van der Waals surface area contributed by atoms with Crippen molar-refractivity contribution in [2.75, 3.05) is 0 Å². The SMILES string of the molecule is c1ccc([P+](c2ccccc2)(c2ccccc2)C2CCCCCC2)cc1. The largest absolute Gasteiger partial charge is 0.115 e. The van der Waals surface area contributed by atoms with E-state index in [9.17, 15) is 0 Å². The van der Waals surface area contributed by atoms with Crippen LogP contribution in [0.4, 0.5) is 0 Å². The summed E-state index contributed by atoms with van der Waals surface area (Å²) in [4.78, 5) is 0. The van der Waals surface area contributed by atoms with Crippen LogP contribution < -0.4 is 15.9 Å². The summed E-state index contributed by atoms with van der Waals surface area (Å²) in [7, 11) is -1.66. The van der Waals surface area contributed by atoms with Gasteiger partial charge in [-0.15, -0.1) is 0 Å². The molecule has 1 saturated carbocycles. The van der Waals surface area contributed by atoms with Crippen molar-refractivity contribution in [1.29, 1.82) is 0 Å². The zero-order valence-electron chi connectivity index (χ0n) is 15.4. The summed E-state index contributed by atoms with van der Waals surface area (Å²) in [6.07, 6.45) is 8.25. The Morgan fingerprint density at radius 1 is 0.462 bits per heavy atom. The number of hydrogen-bond acceptors (Lipinski definition) is 0. The zero-order valence-corrected chi connectivity index (χ0v) is 16.3. The molecular weight excluding hydrogens is 331 g/mol. The van der Waals surface area contributed by atoms with Gasteiger partial charge in [0.1, 0.15) is 23.2 Å². The Bertz CT molecular complexity index is 691. The predicted molar refractivity (Wildman–Crippen MR) is 117 cm³/mol. The molecule has 0 nitrogen and oxygen atoms in total. The number of rotatable bonds is 4. The molecule has 0 N–H and O–H groups in total. The highest BCUT2D eigenvalue weighted by Crippen LogP contribution is 2.62. The fourth-order valence-electron chi connectivity index (χ4n) is 4.71. The topological polar surface area (TPSA) is 0 Å². The third-order valence-electron chi connectivity index (χ3n) is 5.86. The summed E-state index contributed by atoms with van der Waals surface area (Å²) in [5, 5.41) is 4.64. The molecule has 3 aromatic carbocycles. The molecule has 0 aromatic heterocycles. The standard InChI is InChI=1S/C25H28P/c1-2-7-15-22(14-6-1)26(23-16-8-3-9-17-23,24-18-10-4-11-19-24)25-20-12-5-13-21-25/h3-5,8-13,16-22H,1-2,6-7,14-15H2/q+1. The van der Waals surface area contributed by atoms with E-state index in [-0.39, 0.29) is 0 Å². The van der Waals surface area contributed by atoms with Crippen LogP contribution in [-0.2, 0) is 0 Å². The fraction of sp³-hybridized carbons (Fsp3) is 0.280. The summed E-state index contributed by atoms with van der Waals surface area (Å²) in [5.41, 5.74) is 0.747. The first-order chi connectivity index (χ1) is 12.9. The minimum Gasteiger partial charge on any atom is -0.0620 e. The summed E-state index contributed by atoms with van der Waals surface area (Å²) in [5.74, 6) is 0. The van der Waals surface area contributed by atoms with Crippen molar-refractivity contribution in [3.63, 3.8) is 0 Å². The van der Waals surface area contributed by atoms with Gasteiger partial charge in [-0.1, -0.05) is 67.4 Å². The van der Waals surface area contributed by atoms with Crippen LogP contribution in [0.15, 0.2) is 91.0 Å². The zero-order chi connectivity index (χ0) is 17.7. The van der Waals surface area contributed by atoms with E-state index in [4.69, 9.17) is 0 Å². The molecule has 0 spiro atoms. The first-order valence-corrected chi connectivity index (χ1v) is 11.8. The Labute approximate surface area is 158 Å². The second-order valence-electron chi connectivity index (χ2n) is 7.37. The lowest BCUT2D eigenvalue weighted by Gasteiger charge is -2.34. The molecular formula is C25H28P+. The molecule has 0 saturated heterocycles. The minimum atomic E-state index is -1.66. The third-order valence-corrected chi connectivity index (χ3v) is 10.8. The molecule has 0 aliphatic heterocycles. The maximum Gasteiger partial charge on any atom is 0.115 e. The normalized spacial score (nSPS) is 16.2. The van der Waals surface area contributed by atoms with Gasteiger partial charge in [0.25, 0.3) is 0 Å². The Kier molecular flexibility index (Phi) is 5.51. The summed E-state index contributed by atoms with van der Waals surface area (Å²) in [6, 6.07) is 34.2. The average Bonchev–Trinajstić information content (AvgIpc) is 3.01. The van der Waals surface area contributed by atoms with Crippen molar-refractivity contribution in [2.24, 2.45) is 0 Å². The molecule has 0 amide bonds. The molecule has 3 aromatic rings. The highest BCUT2D eigenvalue weighted by molar-refractivity contribution is 7.96. The summed E-state index contributed by atoms with van der Waals surface area (Å²) < 4.78 is 0. The quantitative estimate of drug-likeness (QED) is 0.414. The molecule has 0 unspecified atom stereocenters. The summed E-state index contributed by atoms with van der Waals surface area (Å²) >= 11 is 0. The molecule has 0 bridgehead atoms. The number of hydrogen-bond donors (Lipinski definition) is 0. The first kappa shape index (κ1) is 17.5. The smallest absolute Gasteiger partial charge is 0.0620 e. The van der Waals surface area contributed by atoms with Crippen molar-refractivity contribution >= 4 is 23.2 Å². The van der Waals surface area contributed by atoms with Crippen molar-refractivity contribution in [2.45, 2.75) is 44.2 Å². The molecule has 1 heteroatoms. The molecule has 4 rings (SSSR count). The molecule has 132 valence electrons. The molecule has 1 aliphatic rings. The van der Waals surface area contributed by atoms with E-state index in [1.54, 1.807) is 15.9 Å². The lowest BCUT2D eigenvalue weighted by atomic mass is 10.2.